The maximum Gasteiger partial charge on any atom is 0.227 e. The molecule has 2 aromatic rings. The van der Waals surface area contributed by atoms with E-state index in [1.807, 2.05) is 48.5 Å². The average Bonchev–Trinajstić information content (AvgIpc) is 3.35. The van der Waals surface area contributed by atoms with Crippen molar-refractivity contribution in [3.8, 4) is 11.5 Å². The van der Waals surface area contributed by atoms with E-state index in [9.17, 15) is 4.79 Å². The zero-order valence-electron chi connectivity index (χ0n) is 18.3. The third kappa shape index (κ3) is 6.51. The second kappa shape index (κ2) is 11.9. The lowest BCUT2D eigenvalue weighted by atomic mass is 10.1. The molecule has 4 rings (SSSR count). The second-order valence-electron chi connectivity index (χ2n) is 7.98. The van der Waals surface area contributed by atoms with Crippen molar-refractivity contribution >= 4 is 41.5 Å². The molecule has 1 heterocycles. The Bertz CT molecular complexity index is 931. The fourth-order valence-electron chi connectivity index (χ4n) is 3.97. The SMILES string of the molecule is CN=C(NCc1cccc(NC(=O)C2CCCC2)c1)NCC1COc2ccccc2O1.I. The highest BCUT2D eigenvalue weighted by molar-refractivity contribution is 14.0. The number of anilines is 1. The van der Waals surface area contributed by atoms with Crippen molar-refractivity contribution in [1.29, 1.82) is 0 Å². The Balaban J connectivity index is 0.00000289. The molecule has 1 saturated carbocycles. The van der Waals surface area contributed by atoms with E-state index in [1.54, 1.807) is 7.05 Å². The Morgan fingerprint density at radius 1 is 1.06 bits per heavy atom. The first kappa shape index (κ1) is 24.2. The number of fused-ring (bicyclic) bond motifs is 1. The number of hydrogen-bond acceptors (Lipinski definition) is 4. The summed E-state index contributed by atoms with van der Waals surface area (Å²) in [6.07, 6.45) is 4.20. The van der Waals surface area contributed by atoms with Crippen LogP contribution in [0.15, 0.2) is 53.5 Å². The van der Waals surface area contributed by atoms with Gasteiger partial charge in [-0.05, 0) is 42.7 Å². The number of benzene rings is 2. The van der Waals surface area contributed by atoms with E-state index in [0.717, 1.165) is 48.4 Å². The van der Waals surface area contributed by atoms with Gasteiger partial charge in [-0.3, -0.25) is 9.79 Å². The third-order valence-electron chi connectivity index (χ3n) is 5.67. The van der Waals surface area contributed by atoms with Crippen molar-refractivity contribution in [2.24, 2.45) is 10.9 Å². The van der Waals surface area contributed by atoms with E-state index in [-0.39, 0.29) is 41.9 Å². The number of carbonyl (C=O) groups is 1. The number of nitrogens with zero attached hydrogens (tertiary/aromatic N) is 1. The van der Waals surface area contributed by atoms with Crippen molar-refractivity contribution in [3.05, 3.63) is 54.1 Å². The molecule has 0 aromatic heterocycles. The van der Waals surface area contributed by atoms with Gasteiger partial charge in [0.25, 0.3) is 0 Å². The van der Waals surface area contributed by atoms with Crippen molar-refractivity contribution in [1.82, 2.24) is 10.6 Å². The van der Waals surface area contributed by atoms with E-state index in [1.165, 1.54) is 0 Å². The van der Waals surface area contributed by atoms with Crippen molar-refractivity contribution < 1.29 is 14.3 Å². The summed E-state index contributed by atoms with van der Waals surface area (Å²) < 4.78 is 11.7. The summed E-state index contributed by atoms with van der Waals surface area (Å²) in [6, 6.07) is 15.6. The van der Waals surface area contributed by atoms with Gasteiger partial charge in [-0.2, -0.15) is 0 Å². The van der Waals surface area contributed by atoms with Crippen LogP contribution in [0.2, 0.25) is 0 Å². The molecule has 1 amide bonds. The number of aliphatic imine (C=N–C) groups is 1. The van der Waals surface area contributed by atoms with Gasteiger partial charge >= 0.3 is 0 Å². The molecule has 0 bridgehead atoms. The molecule has 1 unspecified atom stereocenters. The van der Waals surface area contributed by atoms with Crippen molar-refractivity contribution in [3.63, 3.8) is 0 Å². The number of amides is 1. The average molecular weight is 550 g/mol. The molecule has 1 fully saturated rings. The van der Waals surface area contributed by atoms with Crippen molar-refractivity contribution in [2.75, 3.05) is 25.5 Å². The van der Waals surface area contributed by atoms with E-state index in [0.29, 0.717) is 25.7 Å². The topological polar surface area (TPSA) is 84.0 Å². The molecule has 2 aliphatic rings. The second-order valence-corrected chi connectivity index (χ2v) is 7.98. The number of nitrogens with one attached hydrogen (secondary N) is 3. The first-order valence-electron chi connectivity index (χ1n) is 10.9. The van der Waals surface area contributed by atoms with Gasteiger partial charge < -0.3 is 25.4 Å². The molecule has 1 aliphatic heterocycles. The summed E-state index contributed by atoms with van der Waals surface area (Å²) in [5.41, 5.74) is 1.91. The number of ether oxygens (including phenoxy) is 2. The Morgan fingerprint density at radius 2 is 1.84 bits per heavy atom. The number of para-hydroxylation sites is 2. The van der Waals surface area contributed by atoms with Gasteiger partial charge in [-0.15, -0.1) is 24.0 Å². The fourth-order valence-corrected chi connectivity index (χ4v) is 3.97. The molecule has 8 heteroatoms. The highest BCUT2D eigenvalue weighted by Gasteiger charge is 2.23. The summed E-state index contributed by atoms with van der Waals surface area (Å²) in [6.45, 7) is 1.66. The monoisotopic (exact) mass is 550 g/mol. The van der Waals surface area contributed by atoms with E-state index in [2.05, 4.69) is 20.9 Å². The predicted molar refractivity (Wildman–Crippen MR) is 137 cm³/mol. The lowest BCUT2D eigenvalue weighted by molar-refractivity contribution is -0.119. The molecule has 1 atom stereocenters. The third-order valence-corrected chi connectivity index (χ3v) is 5.67. The van der Waals surface area contributed by atoms with E-state index >= 15 is 0 Å². The number of guanidine groups is 1. The minimum atomic E-state index is -0.0948. The first-order chi connectivity index (χ1) is 15.2. The molecule has 2 aromatic carbocycles. The molecular weight excluding hydrogens is 519 g/mol. The van der Waals surface area contributed by atoms with Crippen LogP contribution in [0.4, 0.5) is 5.69 Å². The van der Waals surface area contributed by atoms with Gasteiger partial charge in [-0.25, -0.2) is 0 Å². The first-order valence-corrected chi connectivity index (χ1v) is 10.9. The number of rotatable bonds is 6. The Labute approximate surface area is 206 Å². The number of halogens is 1. The predicted octanol–water partition coefficient (Wildman–Crippen LogP) is 3.94. The van der Waals surface area contributed by atoms with Crippen LogP contribution in [0.25, 0.3) is 0 Å². The van der Waals surface area contributed by atoms with Crippen LogP contribution < -0.4 is 25.4 Å². The number of carbonyl (C=O) groups excluding carboxylic acids is 1. The number of hydrogen-bond donors (Lipinski definition) is 3. The summed E-state index contributed by atoms with van der Waals surface area (Å²) in [4.78, 5) is 16.7. The van der Waals surface area contributed by atoms with Crippen LogP contribution in [0, 0.1) is 5.92 Å². The molecular formula is C24H31IN4O3. The summed E-state index contributed by atoms with van der Waals surface area (Å²) in [5.74, 6) is 2.52. The van der Waals surface area contributed by atoms with Crippen LogP contribution in [-0.2, 0) is 11.3 Å². The fraction of sp³-hybridized carbons (Fsp3) is 0.417. The molecule has 0 radical (unpaired) electrons. The Hall–Kier alpha value is -2.49. The molecule has 32 heavy (non-hydrogen) atoms. The minimum absolute atomic E-state index is 0. The molecule has 1 aliphatic carbocycles. The van der Waals surface area contributed by atoms with E-state index < -0.39 is 0 Å². The van der Waals surface area contributed by atoms with Gasteiger partial charge in [0.15, 0.2) is 17.5 Å². The lowest BCUT2D eigenvalue weighted by Crippen LogP contribution is -2.45. The highest BCUT2D eigenvalue weighted by Crippen LogP contribution is 2.30. The highest BCUT2D eigenvalue weighted by atomic mass is 127. The zero-order chi connectivity index (χ0) is 21.5. The molecule has 0 spiro atoms. The maximum atomic E-state index is 12.4. The van der Waals surface area contributed by atoms with Crippen LogP contribution in [0.5, 0.6) is 11.5 Å². The molecule has 172 valence electrons. The van der Waals surface area contributed by atoms with Crippen LogP contribution >= 0.6 is 24.0 Å². The molecule has 7 nitrogen and oxygen atoms in total. The van der Waals surface area contributed by atoms with Gasteiger partial charge in [0.1, 0.15) is 12.7 Å². The van der Waals surface area contributed by atoms with Gasteiger partial charge in [-0.1, -0.05) is 37.1 Å². The van der Waals surface area contributed by atoms with Crippen LogP contribution in [0.1, 0.15) is 31.2 Å². The van der Waals surface area contributed by atoms with Crippen molar-refractivity contribution in [2.45, 2.75) is 38.3 Å². The lowest BCUT2D eigenvalue weighted by Gasteiger charge is -2.27. The maximum absolute atomic E-state index is 12.4. The minimum Gasteiger partial charge on any atom is -0.486 e. The van der Waals surface area contributed by atoms with Gasteiger partial charge in [0.2, 0.25) is 5.91 Å². The summed E-state index contributed by atoms with van der Waals surface area (Å²) in [5, 5.41) is 9.66. The van der Waals surface area contributed by atoms with Crippen LogP contribution in [0.3, 0.4) is 0 Å². The summed E-state index contributed by atoms with van der Waals surface area (Å²) in [7, 11) is 1.74. The zero-order valence-corrected chi connectivity index (χ0v) is 20.6. The van der Waals surface area contributed by atoms with Gasteiger partial charge in [0, 0.05) is 25.2 Å². The largest absolute Gasteiger partial charge is 0.486 e. The van der Waals surface area contributed by atoms with Crippen LogP contribution in [-0.4, -0.2) is 38.2 Å². The normalized spacial score (nSPS) is 17.9. The van der Waals surface area contributed by atoms with E-state index in [4.69, 9.17) is 9.47 Å². The summed E-state index contributed by atoms with van der Waals surface area (Å²) >= 11 is 0. The quantitative estimate of drug-likeness (QED) is 0.289. The van der Waals surface area contributed by atoms with Gasteiger partial charge in [0.05, 0.1) is 6.54 Å². The standard InChI is InChI=1S/C24H30N4O3.HI/c1-25-24(27-15-20-16-30-21-11-4-5-12-22(21)31-20)26-14-17-7-6-10-19(13-17)28-23(29)18-8-2-3-9-18;/h4-7,10-13,18,20H,2-3,8-9,14-16H2,1H3,(H,28,29)(H2,25,26,27);1H. The Morgan fingerprint density at radius 3 is 2.62 bits per heavy atom. The molecule has 3 N–H and O–H groups in total. The molecule has 0 saturated heterocycles. The Kier molecular flexibility index (Phi) is 9.01. The smallest absolute Gasteiger partial charge is 0.227 e.